The van der Waals surface area contributed by atoms with Crippen LogP contribution in [-0.2, 0) is 22.6 Å². The summed E-state index contributed by atoms with van der Waals surface area (Å²) in [6.45, 7) is 2.05. The monoisotopic (exact) mass is 445 g/mol. The summed E-state index contributed by atoms with van der Waals surface area (Å²) >= 11 is 0. The number of fused-ring (bicyclic) bond motifs is 1. The molecule has 1 amide bonds. The Kier molecular flexibility index (Phi) is 5.17. The first-order valence-corrected chi connectivity index (χ1v) is 10.7. The predicted octanol–water partition coefficient (Wildman–Crippen LogP) is 4.23. The molecule has 3 heterocycles. The van der Waals surface area contributed by atoms with Crippen LogP contribution in [0.1, 0.15) is 35.4 Å². The third-order valence-corrected chi connectivity index (χ3v) is 6.05. The van der Waals surface area contributed by atoms with Crippen LogP contribution in [0.2, 0.25) is 0 Å². The number of benzene rings is 2. The third-order valence-electron chi connectivity index (χ3n) is 6.05. The highest BCUT2D eigenvalue weighted by Crippen LogP contribution is 2.44. The lowest BCUT2D eigenvalue weighted by atomic mass is 9.94. The summed E-state index contributed by atoms with van der Waals surface area (Å²) in [5.74, 6) is 0.116. The number of hydrogen-bond donors (Lipinski definition) is 1. The van der Waals surface area contributed by atoms with Gasteiger partial charge >= 0.3 is 0 Å². The SMILES string of the molecule is COc1ccccc1C1C(=C(O)c2ccc3c(c2)CC(C)O3)C(=O)C(=O)N1Cc1ccco1. The van der Waals surface area contributed by atoms with Crippen LogP contribution in [0.5, 0.6) is 11.5 Å². The van der Waals surface area contributed by atoms with E-state index in [0.717, 1.165) is 11.3 Å². The van der Waals surface area contributed by atoms with Crippen molar-refractivity contribution in [2.24, 2.45) is 0 Å². The van der Waals surface area contributed by atoms with Crippen LogP contribution < -0.4 is 9.47 Å². The smallest absolute Gasteiger partial charge is 0.296 e. The van der Waals surface area contributed by atoms with E-state index >= 15 is 0 Å². The molecule has 168 valence electrons. The molecule has 0 saturated carbocycles. The fourth-order valence-corrected chi connectivity index (χ4v) is 4.55. The lowest BCUT2D eigenvalue weighted by Crippen LogP contribution is -2.29. The number of aliphatic hydroxyl groups is 1. The van der Waals surface area contributed by atoms with Crippen molar-refractivity contribution in [2.75, 3.05) is 7.11 Å². The Labute approximate surface area is 190 Å². The van der Waals surface area contributed by atoms with Crippen LogP contribution >= 0.6 is 0 Å². The number of amides is 1. The van der Waals surface area contributed by atoms with Crippen molar-refractivity contribution in [3.63, 3.8) is 0 Å². The third kappa shape index (κ3) is 3.55. The summed E-state index contributed by atoms with van der Waals surface area (Å²) in [4.78, 5) is 27.7. The van der Waals surface area contributed by atoms with Gasteiger partial charge in [-0.05, 0) is 48.9 Å². The summed E-state index contributed by atoms with van der Waals surface area (Å²) < 4.78 is 16.7. The topological polar surface area (TPSA) is 89.2 Å². The quantitative estimate of drug-likeness (QED) is 0.359. The Morgan fingerprint density at radius 2 is 1.97 bits per heavy atom. The summed E-state index contributed by atoms with van der Waals surface area (Å²) in [7, 11) is 1.53. The van der Waals surface area contributed by atoms with Crippen molar-refractivity contribution in [1.29, 1.82) is 0 Å². The molecule has 33 heavy (non-hydrogen) atoms. The summed E-state index contributed by atoms with van der Waals surface area (Å²) in [5.41, 5.74) is 2.03. The summed E-state index contributed by atoms with van der Waals surface area (Å²) in [6, 6.07) is 15.1. The van der Waals surface area contributed by atoms with Crippen LogP contribution in [0, 0.1) is 0 Å². The number of carbonyl (C=O) groups excluding carboxylic acids is 2. The molecule has 0 spiro atoms. The molecule has 1 N–H and O–H groups in total. The first-order chi connectivity index (χ1) is 16.0. The Morgan fingerprint density at radius 1 is 1.15 bits per heavy atom. The minimum Gasteiger partial charge on any atom is -0.507 e. The van der Waals surface area contributed by atoms with E-state index in [4.69, 9.17) is 13.9 Å². The molecular formula is C26H23NO6. The number of methoxy groups -OCH3 is 1. The van der Waals surface area contributed by atoms with Gasteiger partial charge in [0.05, 0.1) is 31.5 Å². The first kappa shape index (κ1) is 20.9. The Hall–Kier alpha value is -4.00. The molecule has 0 aliphatic carbocycles. The molecule has 0 bridgehead atoms. The normalized spacial score (nSPS) is 21.2. The maximum absolute atomic E-state index is 13.2. The van der Waals surface area contributed by atoms with Crippen molar-refractivity contribution in [3.05, 3.63) is 88.9 Å². The molecule has 2 aliphatic rings. The number of likely N-dealkylation sites (tertiary alicyclic amines) is 1. The van der Waals surface area contributed by atoms with Gasteiger partial charge < -0.3 is 23.9 Å². The number of ketones is 1. The lowest BCUT2D eigenvalue weighted by molar-refractivity contribution is -0.140. The molecule has 5 rings (SSSR count). The molecule has 1 saturated heterocycles. The number of rotatable bonds is 5. The van der Waals surface area contributed by atoms with E-state index in [-0.39, 0.29) is 24.0 Å². The second-order valence-corrected chi connectivity index (χ2v) is 8.20. The predicted molar refractivity (Wildman–Crippen MR) is 120 cm³/mol. The Balaban J connectivity index is 1.66. The van der Waals surface area contributed by atoms with Crippen LogP contribution in [0.3, 0.4) is 0 Å². The van der Waals surface area contributed by atoms with Crippen LogP contribution in [-0.4, -0.2) is 34.9 Å². The zero-order valence-corrected chi connectivity index (χ0v) is 18.3. The Morgan fingerprint density at radius 3 is 2.73 bits per heavy atom. The molecule has 7 heteroatoms. The molecule has 1 aromatic heterocycles. The van der Waals surface area contributed by atoms with Crippen LogP contribution in [0.25, 0.3) is 5.76 Å². The van der Waals surface area contributed by atoms with Gasteiger partial charge in [0.25, 0.3) is 11.7 Å². The number of furan rings is 1. The molecule has 2 atom stereocenters. The minimum atomic E-state index is -0.838. The number of ether oxygens (including phenoxy) is 2. The van der Waals surface area contributed by atoms with Gasteiger partial charge in [0.1, 0.15) is 29.1 Å². The van der Waals surface area contributed by atoms with Gasteiger partial charge in [-0.15, -0.1) is 0 Å². The van der Waals surface area contributed by atoms with Gasteiger partial charge in [-0.2, -0.15) is 0 Å². The number of para-hydroxylation sites is 1. The lowest BCUT2D eigenvalue weighted by Gasteiger charge is -2.25. The number of aliphatic hydroxyl groups excluding tert-OH is 1. The van der Waals surface area contributed by atoms with Crippen LogP contribution in [0.4, 0.5) is 0 Å². The molecular weight excluding hydrogens is 422 g/mol. The van der Waals surface area contributed by atoms with Crippen molar-refractivity contribution >= 4 is 17.4 Å². The van der Waals surface area contributed by atoms with Gasteiger partial charge in [0, 0.05) is 17.5 Å². The van der Waals surface area contributed by atoms with E-state index < -0.39 is 17.7 Å². The second kappa shape index (κ2) is 8.16. The van der Waals surface area contributed by atoms with Gasteiger partial charge in [-0.3, -0.25) is 9.59 Å². The molecule has 2 unspecified atom stereocenters. The average Bonchev–Trinajstić information content (AvgIpc) is 3.52. The highest BCUT2D eigenvalue weighted by molar-refractivity contribution is 6.46. The Bertz CT molecular complexity index is 1260. The summed E-state index contributed by atoms with van der Waals surface area (Å²) in [5, 5.41) is 11.3. The molecule has 0 radical (unpaired) electrons. The zero-order chi connectivity index (χ0) is 23.1. The number of nitrogens with zero attached hydrogens (tertiary/aromatic N) is 1. The molecule has 1 fully saturated rings. The second-order valence-electron chi connectivity index (χ2n) is 8.20. The van der Waals surface area contributed by atoms with E-state index in [2.05, 4.69) is 0 Å². The van der Waals surface area contributed by atoms with E-state index in [1.165, 1.54) is 18.3 Å². The average molecular weight is 445 g/mol. The van der Waals surface area contributed by atoms with Crippen molar-refractivity contribution in [3.8, 4) is 11.5 Å². The van der Waals surface area contributed by atoms with Gasteiger partial charge in [-0.25, -0.2) is 0 Å². The fourth-order valence-electron chi connectivity index (χ4n) is 4.55. The maximum atomic E-state index is 13.2. The fraction of sp³-hybridized carbons (Fsp3) is 0.231. The number of Topliss-reactive ketones (excluding diaryl/α,β-unsaturated/α-hetero) is 1. The van der Waals surface area contributed by atoms with Gasteiger partial charge in [-0.1, -0.05) is 18.2 Å². The largest absolute Gasteiger partial charge is 0.507 e. The standard InChI is InChI=1S/C26H23NO6/c1-15-12-17-13-16(9-10-20(17)33-15)24(28)22-23(19-7-3-4-8-21(19)31-2)27(26(30)25(22)29)14-18-6-5-11-32-18/h3-11,13,15,23,28H,12,14H2,1-2H3. The number of carbonyl (C=O) groups is 2. The van der Waals surface area contributed by atoms with E-state index in [1.54, 1.807) is 42.5 Å². The molecule has 2 aromatic carbocycles. The molecule has 3 aromatic rings. The van der Waals surface area contributed by atoms with Gasteiger partial charge in [0.2, 0.25) is 0 Å². The van der Waals surface area contributed by atoms with Crippen LogP contribution in [0.15, 0.2) is 70.9 Å². The first-order valence-electron chi connectivity index (χ1n) is 10.7. The van der Waals surface area contributed by atoms with Gasteiger partial charge in [0.15, 0.2) is 0 Å². The van der Waals surface area contributed by atoms with Crippen molar-refractivity contribution < 1.29 is 28.6 Å². The van der Waals surface area contributed by atoms with E-state index in [9.17, 15) is 14.7 Å². The summed E-state index contributed by atoms with van der Waals surface area (Å²) in [6.07, 6.45) is 2.27. The highest BCUT2D eigenvalue weighted by Gasteiger charge is 2.47. The highest BCUT2D eigenvalue weighted by atomic mass is 16.5. The molecule has 2 aliphatic heterocycles. The van der Waals surface area contributed by atoms with E-state index in [1.807, 2.05) is 19.1 Å². The van der Waals surface area contributed by atoms with Crippen molar-refractivity contribution in [1.82, 2.24) is 4.90 Å². The van der Waals surface area contributed by atoms with E-state index in [0.29, 0.717) is 29.1 Å². The molecule has 7 nitrogen and oxygen atoms in total. The number of hydrogen-bond acceptors (Lipinski definition) is 6. The minimum absolute atomic E-state index is 0.0166. The van der Waals surface area contributed by atoms with Crippen molar-refractivity contribution in [2.45, 2.75) is 32.0 Å². The maximum Gasteiger partial charge on any atom is 0.296 e. The zero-order valence-electron chi connectivity index (χ0n) is 18.3.